The molecule has 0 radical (unpaired) electrons. The fourth-order valence-electron chi connectivity index (χ4n) is 1.01. The minimum Gasteiger partial charge on any atom is -0.212 e. The molecule has 0 bridgehead atoms. The second-order valence-corrected chi connectivity index (χ2v) is 7.34. The van der Waals surface area contributed by atoms with Gasteiger partial charge in [-0.2, -0.15) is 4.31 Å². The lowest BCUT2D eigenvalue weighted by Gasteiger charge is -2.14. The molecule has 1 heterocycles. The topological polar surface area (TPSA) is 37.4 Å². The molecule has 0 amide bonds. The highest BCUT2D eigenvalue weighted by molar-refractivity contribution is 7.89. The van der Waals surface area contributed by atoms with Crippen LogP contribution >= 0.6 is 34.5 Å². The van der Waals surface area contributed by atoms with Crippen LogP contribution in [0.4, 0.5) is 0 Å². The van der Waals surface area contributed by atoms with Gasteiger partial charge in [0.15, 0.2) is 0 Å². The summed E-state index contributed by atoms with van der Waals surface area (Å²) in [7, 11) is -1.70. The maximum Gasteiger partial charge on any atom is 0.215 e. The molecule has 0 atom stereocenters. The smallest absolute Gasteiger partial charge is 0.212 e. The Hall–Kier alpha value is 0.190. The highest BCUT2D eigenvalue weighted by Gasteiger charge is 2.17. The average molecular weight is 288 g/mol. The lowest BCUT2D eigenvalue weighted by Crippen LogP contribution is -2.29. The van der Waals surface area contributed by atoms with Gasteiger partial charge in [-0.3, -0.25) is 0 Å². The van der Waals surface area contributed by atoms with Crippen molar-refractivity contribution in [2.75, 3.05) is 18.7 Å². The molecular formula is C8H11Cl2NO2S2. The third-order valence-corrected chi connectivity index (χ3v) is 5.25. The molecule has 7 heteroatoms. The molecule has 1 rings (SSSR count). The largest absolute Gasteiger partial charge is 0.215 e. The summed E-state index contributed by atoms with van der Waals surface area (Å²) >= 11 is 12.5. The molecule has 0 N–H and O–H groups in total. The van der Waals surface area contributed by atoms with E-state index in [1.54, 1.807) is 6.07 Å². The van der Waals surface area contributed by atoms with E-state index in [-0.39, 0.29) is 11.6 Å². The molecule has 0 saturated carbocycles. The van der Waals surface area contributed by atoms with Gasteiger partial charge in [0.1, 0.15) is 0 Å². The molecule has 86 valence electrons. The van der Waals surface area contributed by atoms with Crippen molar-refractivity contribution in [2.45, 2.75) is 6.54 Å². The third-order valence-electron chi connectivity index (χ3n) is 1.82. The van der Waals surface area contributed by atoms with Gasteiger partial charge in [0, 0.05) is 24.3 Å². The van der Waals surface area contributed by atoms with Crippen LogP contribution in [0.3, 0.4) is 0 Å². The van der Waals surface area contributed by atoms with Gasteiger partial charge < -0.3 is 0 Å². The Kier molecular flexibility index (Phi) is 4.86. The number of sulfonamides is 1. The first-order valence-electron chi connectivity index (χ1n) is 4.20. The fourth-order valence-corrected chi connectivity index (χ4v) is 3.66. The summed E-state index contributed by atoms with van der Waals surface area (Å²) in [6.45, 7) is 0.344. The van der Waals surface area contributed by atoms with Gasteiger partial charge in [-0.05, 0) is 12.1 Å². The van der Waals surface area contributed by atoms with Crippen molar-refractivity contribution in [3.63, 3.8) is 0 Å². The van der Waals surface area contributed by atoms with E-state index in [9.17, 15) is 8.42 Å². The SMILES string of the molecule is CN(Cc1ccc(Cl)s1)S(=O)(=O)CCCl. The molecule has 1 aromatic rings. The predicted molar refractivity (Wildman–Crippen MR) is 65.3 cm³/mol. The van der Waals surface area contributed by atoms with Gasteiger partial charge in [-0.1, -0.05) is 11.6 Å². The molecule has 0 saturated heterocycles. The first-order valence-corrected chi connectivity index (χ1v) is 7.53. The summed E-state index contributed by atoms with van der Waals surface area (Å²) in [6, 6.07) is 3.57. The van der Waals surface area contributed by atoms with Crippen LogP contribution in [0.25, 0.3) is 0 Å². The Morgan fingerprint density at radius 3 is 2.60 bits per heavy atom. The number of alkyl halides is 1. The van der Waals surface area contributed by atoms with Crippen molar-refractivity contribution in [3.8, 4) is 0 Å². The number of halogens is 2. The molecule has 0 aliphatic carbocycles. The summed E-state index contributed by atoms with van der Waals surface area (Å²) in [6.07, 6.45) is 0. The average Bonchev–Trinajstić information content (AvgIpc) is 2.51. The standard InChI is InChI=1S/C8H11Cl2NO2S2/c1-11(15(12,13)5-4-9)6-7-2-3-8(10)14-7/h2-3H,4-6H2,1H3. The molecule has 3 nitrogen and oxygen atoms in total. The number of thiophene rings is 1. The molecule has 0 unspecified atom stereocenters. The molecule has 0 spiro atoms. The van der Waals surface area contributed by atoms with E-state index in [0.717, 1.165) is 4.88 Å². The normalized spacial score (nSPS) is 12.3. The van der Waals surface area contributed by atoms with Crippen LogP contribution in [0.2, 0.25) is 4.34 Å². The van der Waals surface area contributed by atoms with Crippen molar-refractivity contribution in [1.82, 2.24) is 4.31 Å². The Morgan fingerprint density at radius 1 is 1.47 bits per heavy atom. The first kappa shape index (κ1) is 13.3. The molecule has 0 aliphatic heterocycles. The quantitative estimate of drug-likeness (QED) is 0.780. The van der Waals surface area contributed by atoms with E-state index in [1.165, 1.54) is 22.7 Å². The van der Waals surface area contributed by atoms with Gasteiger partial charge in [0.05, 0.1) is 10.1 Å². The van der Waals surface area contributed by atoms with Crippen LogP contribution in [-0.4, -0.2) is 31.4 Å². The summed E-state index contributed by atoms with van der Waals surface area (Å²) in [4.78, 5) is 0.917. The Bertz CT molecular complexity index is 416. The minimum absolute atomic E-state index is 0.0375. The van der Waals surface area contributed by atoms with Crippen molar-refractivity contribution >= 4 is 44.6 Å². The zero-order chi connectivity index (χ0) is 11.5. The Morgan fingerprint density at radius 2 is 2.13 bits per heavy atom. The van der Waals surface area contributed by atoms with E-state index in [0.29, 0.717) is 10.9 Å². The lowest BCUT2D eigenvalue weighted by atomic mass is 10.5. The third kappa shape index (κ3) is 3.92. The van der Waals surface area contributed by atoms with Crippen LogP contribution < -0.4 is 0 Å². The summed E-state index contributed by atoms with van der Waals surface area (Å²) < 4.78 is 25.1. The van der Waals surface area contributed by atoms with E-state index in [2.05, 4.69) is 0 Å². The number of hydrogen-bond acceptors (Lipinski definition) is 3. The minimum atomic E-state index is -3.23. The number of hydrogen-bond donors (Lipinski definition) is 0. The van der Waals surface area contributed by atoms with Crippen LogP contribution in [-0.2, 0) is 16.6 Å². The second kappa shape index (κ2) is 5.50. The zero-order valence-corrected chi connectivity index (χ0v) is 11.3. The predicted octanol–water partition coefficient (Wildman–Crippen LogP) is 2.40. The van der Waals surface area contributed by atoms with E-state index < -0.39 is 10.0 Å². The highest BCUT2D eigenvalue weighted by Crippen LogP contribution is 2.23. The highest BCUT2D eigenvalue weighted by atomic mass is 35.5. The molecular weight excluding hydrogens is 277 g/mol. The van der Waals surface area contributed by atoms with Crippen LogP contribution in [0.5, 0.6) is 0 Å². The van der Waals surface area contributed by atoms with Crippen molar-refractivity contribution in [1.29, 1.82) is 0 Å². The van der Waals surface area contributed by atoms with Gasteiger partial charge in [-0.15, -0.1) is 22.9 Å². The van der Waals surface area contributed by atoms with Crippen molar-refractivity contribution in [3.05, 3.63) is 21.3 Å². The summed E-state index contributed by atoms with van der Waals surface area (Å²) in [5.74, 6) is 0.0715. The van der Waals surface area contributed by atoms with Gasteiger partial charge >= 0.3 is 0 Å². The van der Waals surface area contributed by atoms with E-state index in [4.69, 9.17) is 23.2 Å². The van der Waals surface area contributed by atoms with Crippen molar-refractivity contribution < 1.29 is 8.42 Å². The zero-order valence-electron chi connectivity index (χ0n) is 8.11. The van der Waals surface area contributed by atoms with Gasteiger partial charge in [0.2, 0.25) is 10.0 Å². The second-order valence-electron chi connectivity index (χ2n) is 2.97. The maximum absolute atomic E-state index is 11.6. The Balaban J connectivity index is 2.67. The number of nitrogens with zero attached hydrogens (tertiary/aromatic N) is 1. The lowest BCUT2D eigenvalue weighted by molar-refractivity contribution is 0.471. The molecule has 15 heavy (non-hydrogen) atoms. The molecule has 0 aliphatic rings. The fraction of sp³-hybridized carbons (Fsp3) is 0.500. The Labute approximate surface area is 104 Å². The molecule has 1 aromatic heterocycles. The van der Waals surface area contributed by atoms with Crippen LogP contribution in [0, 0.1) is 0 Å². The van der Waals surface area contributed by atoms with E-state index in [1.807, 2.05) is 6.07 Å². The van der Waals surface area contributed by atoms with Crippen LogP contribution in [0.15, 0.2) is 12.1 Å². The maximum atomic E-state index is 11.6. The van der Waals surface area contributed by atoms with Gasteiger partial charge in [-0.25, -0.2) is 8.42 Å². The van der Waals surface area contributed by atoms with Crippen LogP contribution in [0.1, 0.15) is 4.88 Å². The summed E-state index contributed by atoms with van der Waals surface area (Å²) in [5, 5.41) is 0. The molecule has 0 aromatic carbocycles. The molecule has 0 fully saturated rings. The van der Waals surface area contributed by atoms with Gasteiger partial charge in [0.25, 0.3) is 0 Å². The first-order chi connectivity index (χ1) is 6.95. The van der Waals surface area contributed by atoms with E-state index >= 15 is 0 Å². The number of rotatable bonds is 5. The summed E-state index contributed by atoms with van der Waals surface area (Å²) in [5.41, 5.74) is 0. The van der Waals surface area contributed by atoms with Crippen molar-refractivity contribution in [2.24, 2.45) is 0 Å². The monoisotopic (exact) mass is 287 g/mol.